The number of halogens is 1. The van der Waals surface area contributed by atoms with Gasteiger partial charge in [-0.1, -0.05) is 0 Å². The number of nitrogens with zero attached hydrogens (tertiary/aromatic N) is 1. The number of anilines is 1. The summed E-state index contributed by atoms with van der Waals surface area (Å²) in [4.78, 5) is 4.85. The van der Waals surface area contributed by atoms with E-state index in [0.717, 1.165) is 9.35 Å². The summed E-state index contributed by atoms with van der Waals surface area (Å²) < 4.78 is 27.8. The van der Waals surface area contributed by atoms with E-state index in [2.05, 4.69) is 31.0 Å². The van der Waals surface area contributed by atoms with Crippen molar-refractivity contribution in [3.05, 3.63) is 39.1 Å². The fraction of sp³-hybridized carbons (Fsp3) is 0.182. The van der Waals surface area contributed by atoms with Gasteiger partial charge in [0, 0.05) is 34.5 Å². The van der Waals surface area contributed by atoms with Gasteiger partial charge in [0.1, 0.15) is 0 Å². The highest BCUT2D eigenvalue weighted by molar-refractivity contribution is 9.10. The van der Waals surface area contributed by atoms with Crippen LogP contribution in [-0.2, 0) is 16.6 Å². The molecule has 0 saturated heterocycles. The number of aromatic nitrogens is 1. The second-order valence-corrected chi connectivity index (χ2v) is 7.26. The zero-order valence-corrected chi connectivity index (χ0v) is 13.3. The molecular weight excluding hydrogens is 350 g/mol. The molecule has 0 amide bonds. The van der Waals surface area contributed by atoms with E-state index in [1.54, 1.807) is 19.2 Å². The maximum Gasteiger partial charge on any atom is 0.260 e. The maximum absolute atomic E-state index is 12.2. The second-order valence-electron chi connectivity index (χ2n) is 3.66. The van der Waals surface area contributed by atoms with E-state index in [1.165, 1.54) is 17.5 Å². The third-order valence-corrected chi connectivity index (χ3v) is 5.41. The van der Waals surface area contributed by atoms with Crippen LogP contribution in [0.15, 0.2) is 39.3 Å². The van der Waals surface area contributed by atoms with Crippen LogP contribution in [0, 0.1) is 0 Å². The third-order valence-electron chi connectivity index (χ3n) is 2.35. The first kappa shape index (κ1) is 14.4. The van der Waals surface area contributed by atoms with Crippen molar-refractivity contribution in [3.8, 4) is 0 Å². The molecule has 102 valence electrons. The Morgan fingerprint density at radius 2 is 2.26 bits per heavy atom. The molecule has 8 heteroatoms. The molecule has 0 spiro atoms. The van der Waals surface area contributed by atoms with Crippen LogP contribution in [0.3, 0.4) is 0 Å². The molecule has 2 aromatic rings. The van der Waals surface area contributed by atoms with E-state index in [1.807, 2.05) is 11.4 Å². The zero-order chi connectivity index (χ0) is 13.9. The lowest BCUT2D eigenvalue weighted by atomic mass is 10.4. The van der Waals surface area contributed by atoms with Crippen molar-refractivity contribution in [2.75, 3.05) is 12.4 Å². The molecule has 0 aliphatic carbocycles. The minimum atomic E-state index is -3.62. The van der Waals surface area contributed by atoms with E-state index >= 15 is 0 Å². The first-order chi connectivity index (χ1) is 9.03. The Kier molecular flexibility index (Phi) is 4.56. The number of thiophene rings is 1. The Bertz CT molecular complexity index is 670. The molecule has 0 atom stereocenters. The third kappa shape index (κ3) is 3.53. The molecule has 0 aromatic carbocycles. The number of sulfonamides is 1. The van der Waals surface area contributed by atoms with Crippen molar-refractivity contribution in [1.29, 1.82) is 0 Å². The van der Waals surface area contributed by atoms with Crippen molar-refractivity contribution in [1.82, 2.24) is 9.71 Å². The molecule has 2 heterocycles. The van der Waals surface area contributed by atoms with Gasteiger partial charge in [0.05, 0.1) is 5.69 Å². The number of hydrogen-bond acceptors (Lipinski definition) is 5. The molecule has 0 radical (unpaired) electrons. The first-order valence-electron chi connectivity index (χ1n) is 5.38. The number of pyridine rings is 1. The van der Waals surface area contributed by atoms with Gasteiger partial charge in [-0.2, -0.15) is 0 Å². The fourth-order valence-corrected chi connectivity index (χ4v) is 4.10. The topological polar surface area (TPSA) is 71.1 Å². The van der Waals surface area contributed by atoms with Crippen LogP contribution >= 0.6 is 27.3 Å². The molecule has 0 fully saturated rings. The van der Waals surface area contributed by atoms with E-state index < -0.39 is 10.0 Å². The molecule has 2 rings (SSSR count). The lowest BCUT2D eigenvalue weighted by molar-refractivity contribution is 0.578. The van der Waals surface area contributed by atoms with Crippen LogP contribution < -0.4 is 10.0 Å². The standard InChI is InChI=1S/C11H12BrN3O2S2/c1-13-10-3-2-4-14-11(10)19(16,17)15-6-9-5-8(12)7-18-9/h2-5,7,13,15H,6H2,1H3. The molecule has 2 N–H and O–H groups in total. The highest BCUT2D eigenvalue weighted by Gasteiger charge is 2.19. The summed E-state index contributed by atoms with van der Waals surface area (Å²) >= 11 is 4.82. The minimum absolute atomic E-state index is 0.00752. The summed E-state index contributed by atoms with van der Waals surface area (Å²) in [6, 6.07) is 5.23. The summed E-state index contributed by atoms with van der Waals surface area (Å²) in [6.07, 6.45) is 1.46. The van der Waals surface area contributed by atoms with Crippen LogP contribution in [0.4, 0.5) is 5.69 Å². The summed E-state index contributed by atoms with van der Waals surface area (Å²) in [5, 5.41) is 4.73. The average Bonchev–Trinajstić information content (AvgIpc) is 2.82. The number of nitrogens with one attached hydrogen (secondary N) is 2. The van der Waals surface area contributed by atoms with Crippen molar-refractivity contribution in [2.45, 2.75) is 11.6 Å². The van der Waals surface area contributed by atoms with Crippen LogP contribution in [-0.4, -0.2) is 20.4 Å². The Balaban J connectivity index is 2.18. The van der Waals surface area contributed by atoms with Gasteiger partial charge >= 0.3 is 0 Å². The smallest absolute Gasteiger partial charge is 0.260 e. The Morgan fingerprint density at radius 3 is 2.89 bits per heavy atom. The van der Waals surface area contributed by atoms with E-state index in [4.69, 9.17) is 0 Å². The van der Waals surface area contributed by atoms with E-state index in [-0.39, 0.29) is 11.6 Å². The van der Waals surface area contributed by atoms with Gasteiger partial charge < -0.3 is 5.32 Å². The normalized spacial score (nSPS) is 11.5. The molecule has 19 heavy (non-hydrogen) atoms. The monoisotopic (exact) mass is 361 g/mol. The molecule has 0 aliphatic rings. The van der Waals surface area contributed by atoms with Gasteiger partial charge in [0.2, 0.25) is 0 Å². The summed E-state index contributed by atoms with van der Waals surface area (Å²) in [5.74, 6) is 0. The van der Waals surface area contributed by atoms with Crippen LogP contribution in [0.1, 0.15) is 4.88 Å². The maximum atomic E-state index is 12.2. The minimum Gasteiger partial charge on any atom is -0.386 e. The number of rotatable bonds is 5. The Morgan fingerprint density at radius 1 is 1.47 bits per heavy atom. The molecular formula is C11H12BrN3O2S2. The highest BCUT2D eigenvalue weighted by Crippen LogP contribution is 2.21. The van der Waals surface area contributed by atoms with Gasteiger partial charge in [0.15, 0.2) is 5.03 Å². The molecule has 0 bridgehead atoms. The van der Waals surface area contributed by atoms with Crippen molar-refractivity contribution < 1.29 is 8.42 Å². The van der Waals surface area contributed by atoms with Gasteiger partial charge in [-0.3, -0.25) is 0 Å². The first-order valence-corrected chi connectivity index (χ1v) is 8.54. The fourth-order valence-electron chi connectivity index (χ4n) is 1.48. The van der Waals surface area contributed by atoms with E-state index in [9.17, 15) is 8.42 Å². The molecule has 5 nitrogen and oxygen atoms in total. The van der Waals surface area contributed by atoms with Crippen LogP contribution in [0.5, 0.6) is 0 Å². The van der Waals surface area contributed by atoms with Gasteiger partial charge in [-0.15, -0.1) is 11.3 Å². The van der Waals surface area contributed by atoms with Gasteiger partial charge in [-0.25, -0.2) is 18.1 Å². The predicted octanol–water partition coefficient (Wildman–Crippen LogP) is 2.43. The summed E-state index contributed by atoms with van der Waals surface area (Å²) in [6.45, 7) is 0.248. The summed E-state index contributed by atoms with van der Waals surface area (Å²) in [5.41, 5.74) is 0.474. The molecule has 0 saturated carbocycles. The SMILES string of the molecule is CNc1cccnc1S(=O)(=O)NCc1cc(Br)cs1. The lowest BCUT2D eigenvalue weighted by Gasteiger charge is -2.09. The molecule has 2 aromatic heterocycles. The van der Waals surface area contributed by atoms with Gasteiger partial charge in [0.25, 0.3) is 10.0 Å². The largest absolute Gasteiger partial charge is 0.386 e. The highest BCUT2D eigenvalue weighted by atomic mass is 79.9. The predicted molar refractivity (Wildman–Crippen MR) is 79.8 cm³/mol. The molecule has 0 unspecified atom stereocenters. The van der Waals surface area contributed by atoms with Crippen LogP contribution in [0.2, 0.25) is 0 Å². The Labute approximate surface area is 124 Å². The lowest BCUT2D eigenvalue weighted by Crippen LogP contribution is -2.24. The molecule has 0 aliphatic heterocycles. The van der Waals surface area contributed by atoms with Crippen molar-refractivity contribution >= 4 is 43.0 Å². The quantitative estimate of drug-likeness (QED) is 0.857. The zero-order valence-electron chi connectivity index (χ0n) is 10.1. The Hall–Kier alpha value is -0.960. The van der Waals surface area contributed by atoms with Crippen LogP contribution in [0.25, 0.3) is 0 Å². The average molecular weight is 362 g/mol. The van der Waals surface area contributed by atoms with Crippen molar-refractivity contribution in [3.63, 3.8) is 0 Å². The number of hydrogen-bond donors (Lipinski definition) is 2. The summed E-state index contributed by atoms with van der Waals surface area (Å²) in [7, 11) is -1.97. The van der Waals surface area contributed by atoms with E-state index in [0.29, 0.717) is 5.69 Å². The van der Waals surface area contributed by atoms with Crippen molar-refractivity contribution in [2.24, 2.45) is 0 Å². The van der Waals surface area contributed by atoms with Gasteiger partial charge in [-0.05, 0) is 34.1 Å². The second kappa shape index (κ2) is 6.00.